The molecule has 2 heteroatoms. The maximum absolute atomic E-state index is 3.77. The van der Waals surface area contributed by atoms with Crippen molar-refractivity contribution in [2.45, 2.75) is 90.4 Å². The molecule has 2 unspecified atom stereocenters. The Morgan fingerprint density at radius 3 is 1.25 bits per heavy atom. The minimum Gasteiger partial charge on any atom is -0.308 e. The van der Waals surface area contributed by atoms with Crippen molar-refractivity contribution in [1.82, 2.24) is 10.6 Å². The summed E-state index contributed by atoms with van der Waals surface area (Å²) in [5.74, 6) is 0. The molecule has 0 bridgehead atoms. The summed E-state index contributed by atoms with van der Waals surface area (Å²) in [5, 5.41) is 7.54. The number of nitrogens with one attached hydrogen (secondary N) is 2. The summed E-state index contributed by atoms with van der Waals surface area (Å²) in [7, 11) is 0. The van der Waals surface area contributed by atoms with Crippen LogP contribution in [0.1, 0.15) is 67.2 Å². The lowest BCUT2D eigenvalue weighted by Crippen LogP contribution is -2.58. The molecule has 1 saturated carbocycles. The molecule has 0 radical (unpaired) electrons. The van der Waals surface area contributed by atoms with Gasteiger partial charge in [-0.2, -0.15) is 0 Å². The molecule has 1 aliphatic carbocycles. The standard InChI is InChI=1S/C14H30N2/c1-13(2,3)15-11-9-7-8-10-12(11)16-14(4,5)6/h11-12,15-16H,7-10H2,1-6H3. The lowest BCUT2D eigenvalue weighted by Gasteiger charge is -2.41. The fourth-order valence-corrected chi connectivity index (χ4v) is 2.59. The summed E-state index contributed by atoms with van der Waals surface area (Å²) in [6, 6.07) is 1.26. The van der Waals surface area contributed by atoms with Gasteiger partial charge in [-0.1, -0.05) is 12.8 Å². The lowest BCUT2D eigenvalue weighted by molar-refractivity contribution is 0.207. The molecule has 0 aromatic heterocycles. The topological polar surface area (TPSA) is 24.1 Å². The van der Waals surface area contributed by atoms with Crippen LogP contribution in [0.2, 0.25) is 0 Å². The third-order valence-electron chi connectivity index (χ3n) is 3.00. The Kier molecular flexibility index (Phi) is 4.42. The molecule has 2 nitrogen and oxygen atoms in total. The van der Waals surface area contributed by atoms with E-state index in [2.05, 4.69) is 52.2 Å². The molecule has 16 heavy (non-hydrogen) atoms. The Balaban J connectivity index is 2.57. The summed E-state index contributed by atoms with van der Waals surface area (Å²) in [4.78, 5) is 0. The third kappa shape index (κ3) is 5.31. The second kappa shape index (κ2) is 5.05. The Bertz CT molecular complexity index is 186. The van der Waals surface area contributed by atoms with Gasteiger partial charge in [0.25, 0.3) is 0 Å². The van der Waals surface area contributed by atoms with E-state index in [1.165, 1.54) is 25.7 Å². The summed E-state index contributed by atoms with van der Waals surface area (Å²) < 4.78 is 0. The second-order valence-electron chi connectivity index (χ2n) is 7.29. The van der Waals surface area contributed by atoms with E-state index in [1.807, 2.05) is 0 Å². The van der Waals surface area contributed by atoms with Crippen molar-refractivity contribution in [1.29, 1.82) is 0 Å². The largest absolute Gasteiger partial charge is 0.308 e. The SMILES string of the molecule is CC(C)(C)NC1CCCCC1NC(C)(C)C. The van der Waals surface area contributed by atoms with Crippen LogP contribution in [-0.4, -0.2) is 23.2 Å². The minimum atomic E-state index is 0.222. The van der Waals surface area contributed by atoms with Crippen LogP contribution in [0.5, 0.6) is 0 Å². The maximum Gasteiger partial charge on any atom is 0.0226 e. The van der Waals surface area contributed by atoms with Crippen LogP contribution >= 0.6 is 0 Å². The van der Waals surface area contributed by atoms with E-state index < -0.39 is 0 Å². The minimum absolute atomic E-state index is 0.222. The monoisotopic (exact) mass is 226 g/mol. The van der Waals surface area contributed by atoms with Crippen molar-refractivity contribution in [3.05, 3.63) is 0 Å². The summed E-state index contributed by atoms with van der Waals surface area (Å²) >= 11 is 0. The van der Waals surface area contributed by atoms with E-state index >= 15 is 0 Å². The van der Waals surface area contributed by atoms with Gasteiger partial charge in [0.15, 0.2) is 0 Å². The Labute approximate surface area is 102 Å². The van der Waals surface area contributed by atoms with Crippen LogP contribution in [-0.2, 0) is 0 Å². The van der Waals surface area contributed by atoms with Gasteiger partial charge in [0, 0.05) is 23.2 Å². The average molecular weight is 226 g/mol. The molecule has 1 aliphatic rings. The van der Waals surface area contributed by atoms with Gasteiger partial charge in [0.05, 0.1) is 0 Å². The van der Waals surface area contributed by atoms with Crippen LogP contribution in [0.4, 0.5) is 0 Å². The van der Waals surface area contributed by atoms with Gasteiger partial charge in [0.1, 0.15) is 0 Å². The highest BCUT2D eigenvalue weighted by atomic mass is 15.1. The first kappa shape index (κ1) is 14.0. The molecule has 0 saturated heterocycles. The first-order valence-electron chi connectivity index (χ1n) is 6.73. The van der Waals surface area contributed by atoms with Crippen molar-refractivity contribution in [2.75, 3.05) is 0 Å². The van der Waals surface area contributed by atoms with Crippen LogP contribution in [0, 0.1) is 0 Å². The van der Waals surface area contributed by atoms with Gasteiger partial charge in [-0.15, -0.1) is 0 Å². The molecule has 0 heterocycles. The zero-order chi connectivity index (χ0) is 12.4. The molecule has 0 aromatic rings. The van der Waals surface area contributed by atoms with Crippen LogP contribution in [0.15, 0.2) is 0 Å². The first-order valence-corrected chi connectivity index (χ1v) is 6.73. The highest BCUT2D eigenvalue weighted by Crippen LogP contribution is 2.22. The highest BCUT2D eigenvalue weighted by molar-refractivity contribution is 4.92. The van der Waals surface area contributed by atoms with Crippen molar-refractivity contribution < 1.29 is 0 Å². The van der Waals surface area contributed by atoms with Gasteiger partial charge < -0.3 is 10.6 Å². The van der Waals surface area contributed by atoms with E-state index in [0.29, 0.717) is 12.1 Å². The fraction of sp³-hybridized carbons (Fsp3) is 1.00. The quantitative estimate of drug-likeness (QED) is 0.756. The van der Waals surface area contributed by atoms with E-state index in [1.54, 1.807) is 0 Å². The van der Waals surface area contributed by atoms with Crippen molar-refractivity contribution in [2.24, 2.45) is 0 Å². The number of rotatable bonds is 2. The van der Waals surface area contributed by atoms with Crippen LogP contribution in [0.3, 0.4) is 0 Å². The van der Waals surface area contributed by atoms with Gasteiger partial charge in [-0.3, -0.25) is 0 Å². The number of hydrogen-bond donors (Lipinski definition) is 2. The van der Waals surface area contributed by atoms with Gasteiger partial charge >= 0.3 is 0 Å². The van der Waals surface area contributed by atoms with Crippen molar-refractivity contribution >= 4 is 0 Å². The molecule has 1 rings (SSSR count). The molecular weight excluding hydrogens is 196 g/mol. The van der Waals surface area contributed by atoms with Crippen molar-refractivity contribution in [3.8, 4) is 0 Å². The predicted octanol–water partition coefficient (Wildman–Crippen LogP) is 3.07. The normalized spacial score (nSPS) is 28.1. The van der Waals surface area contributed by atoms with Gasteiger partial charge in [0.2, 0.25) is 0 Å². The molecule has 96 valence electrons. The summed E-state index contributed by atoms with van der Waals surface area (Å²) in [6.45, 7) is 13.6. The molecule has 1 fully saturated rings. The smallest absolute Gasteiger partial charge is 0.0226 e. The Hall–Kier alpha value is -0.0800. The van der Waals surface area contributed by atoms with E-state index in [0.717, 1.165) is 0 Å². The zero-order valence-corrected chi connectivity index (χ0v) is 12.0. The number of hydrogen-bond acceptors (Lipinski definition) is 2. The summed E-state index contributed by atoms with van der Waals surface area (Å²) in [5.41, 5.74) is 0.444. The third-order valence-corrected chi connectivity index (χ3v) is 3.00. The molecular formula is C14H30N2. The van der Waals surface area contributed by atoms with Crippen LogP contribution in [0.25, 0.3) is 0 Å². The maximum atomic E-state index is 3.77. The predicted molar refractivity (Wildman–Crippen MR) is 71.8 cm³/mol. The Morgan fingerprint density at radius 1 is 0.688 bits per heavy atom. The Morgan fingerprint density at radius 2 is 1.00 bits per heavy atom. The molecule has 0 aromatic carbocycles. The van der Waals surface area contributed by atoms with Crippen LogP contribution < -0.4 is 10.6 Å². The molecule has 2 N–H and O–H groups in total. The molecule has 2 atom stereocenters. The lowest BCUT2D eigenvalue weighted by atomic mass is 9.87. The summed E-state index contributed by atoms with van der Waals surface area (Å²) in [6.07, 6.45) is 5.36. The van der Waals surface area contributed by atoms with Gasteiger partial charge in [-0.25, -0.2) is 0 Å². The van der Waals surface area contributed by atoms with Crippen molar-refractivity contribution in [3.63, 3.8) is 0 Å². The average Bonchev–Trinajstić information content (AvgIpc) is 2.03. The first-order chi connectivity index (χ1) is 7.17. The van der Waals surface area contributed by atoms with Gasteiger partial charge in [-0.05, 0) is 54.4 Å². The zero-order valence-electron chi connectivity index (χ0n) is 12.0. The fourth-order valence-electron chi connectivity index (χ4n) is 2.59. The molecule has 0 spiro atoms. The van der Waals surface area contributed by atoms with E-state index in [9.17, 15) is 0 Å². The van der Waals surface area contributed by atoms with E-state index in [4.69, 9.17) is 0 Å². The second-order valence-corrected chi connectivity index (χ2v) is 7.29. The van der Waals surface area contributed by atoms with E-state index in [-0.39, 0.29) is 11.1 Å². The molecule has 0 aliphatic heterocycles. The molecule has 0 amide bonds. The highest BCUT2D eigenvalue weighted by Gasteiger charge is 2.30.